The Morgan fingerprint density at radius 2 is 1.95 bits per heavy atom. The first-order valence-corrected chi connectivity index (χ1v) is 7.45. The third kappa shape index (κ3) is 3.36. The lowest BCUT2D eigenvalue weighted by Crippen LogP contribution is -1.97. The Balaban J connectivity index is 1.83. The summed E-state index contributed by atoms with van der Waals surface area (Å²) in [5.41, 5.74) is 1.91. The molecule has 4 nitrogen and oxygen atoms in total. The summed E-state index contributed by atoms with van der Waals surface area (Å²) in [6.45, 7) is 0.497. The smallest absolute Gasteiger partial charge is 0.416 e. The van der Waals surface area contributed by atoms with Crippen LogP contribution in [0.2, 0.25) is 0 Å². The van der Waals surface area contributed by atoms with Gasteiger partial charge in [0, 0.05) is 5.56 Å². The van der Waals surface area contributed by atoms with Crippen molar-refractivity contribution in [2.45, 2.75) is 6.61 Å². The normalized spacial score (nSPS) is 10.5. The Hall–Kier alpha value is -2.02. The van der Waals surface area contributed by atoms with Gasteiger partial charge < -0.3 is 9.15 Å². The number of halogens is 1. The molecule has 0 aliphatic rings. The van der Waals surface area contributed by atoms with Gasteiger partial charge in [-0.2, -0.15) is 0 Å². The first-order valence-electron chi connectivity index (χ1n) is 6.37. The molecule has 0 spiro atoms. The van der Waals surface area contributed by atoms with Crippen molar-refractivity contribution in [2.75, 3.05) is 0 Å². The van der Waals surface area contributed by atoms with E-state index in [4.69, 9.17) is 9.15 Å². The maximum atomic E-state index is 11.1. The zero-order chi connectivity index (χ0) is 14.7. The highest BCUT2D eigenvalue weighted by Crippen LogP contribution is 2.28. The molecule has 1 N–H and O–H groups in total. The second kappa shape index (κ2) is 6.17. The predicted octanol–water partition coefficient (Wildman–Crippen LogP) is 3.82. The van der Waals surface area contributed by atoms with Gasteiger partial charge in [-0.05, 0) is 46.4 Å². The van der Waals surface area contributed by atoms with Crippen LogP contribution in [0.1, 0.15) is 5.56 Å². The zero-order valence-corrected chi connectivity index (χ0v) is 13.2. The maximum Gasteiger partial charge on any atom is 0.416 e. The molecule has 0 amide bonds. The van der Waals surface area contributed by atoms with Gasteiger partial charge in [0.25, 0.3) is 0 Å². The Morgan fingerprint density at radius 3 is 2.67 bits per heavy atom. The molecular weight excluding hydrogens is 381 g/mol. The summed E-state index contributed by atoms with van der Waals surface area (Å²) in [4.78, 5) is 13.6. The minimum atomic E-state index is -0.463. The average Bonchev–Trinajstić information content (AvgIpc) is 2.94. The van der Waals surface area contributed by atoms with Crippen molar-refractivity contribution in [1.29, 1.82) is 0 Å². The Morgan fingerprint density at radius 1 is 1.14 bits per heavy atom. The van der Waals surface area contributed by atoms with Crippen LogP contribution in [-0.2, 0) is 6.61 Å². The van der Waals surface area contributed by atoms with Crippen LogP contribution in [0.3, 0.4) is 0 Å². The van der Waals surface area contributed by atoms with E-state index in [9.17, 15) is 4.79 Å². The molecule has 3 rings (SSSR count). The fourth-order valence-corrected chi connectivity index (χ4v) is 2.42. The molecule has 1 heterocycles. The third-order valence-corrected chi connectivity index (χ3v) is 3.87. The number of hydrogen-bond acceptors (Lipinski definition) is 3. The first-order chi connectivity index (χ1) is 10.2. The van der Waals surface area contributed by atoms with E-state index in [-0.39, 0.29) is 0 Å². The molecule has 0 bridgehead atoms. The largest absolute Gasteiger partial charge is 0.488 e. The van der Waals surface area contributed by atoms with Gasteiger partial charge in [-0.1, -0.05) is 30.3 Å². The number of benzene rings is 2. The second-order valence-electron chi connectivity index (χ2n) is 4.46. The van der Waals surface area contributed by atoms with Crippen molar-refractivity contribution in [1.82, 2.24) is 4.98 Å². The highest BCUT2D eigenvalue weighted by Gasteiger charge is 2.08. The van der Waals surface area contributed by atoms with E-state index in [1.165, 1.54) is 0 Å². The van der Waals surface area contributed by atoms with Crippen molar-refractivity contribution in [3.05, 3.63) is 74.4 Å². The summed E-state index contributed by atoms with van der Waals surface area (Å²) in [7, 11) is 0. The molecule has 0 atom stereocenters. The van der Waals surface area contributed by atoms with E-state index < -0.39 is 5.76 Å². The SMILES string of the molecule is O=c1[nH]cc(-c2ccc(I)c(OCc3ccccc3)c2)o1. The lowest BCUT2D eigenvalue weighted by Gasteiger charge is -2.09. The number of ether oxygens (including phenoxy) is 1. The highest BCUT2D eigenvalue weighted by molar-refractivity contribution is 14.1. The lowest BCUT2D eigenvalue weighted by molar-refractivity contribution is 0.304. The molecule has 21 heavy (non-hydrogen) atoms. The van der Waals surface area contributed by atoms with Crippen molar-refractivity contribution in [3.8, 4) is 17.1 Å². The number of oxazole rings is 1. The number of aromatic nitrogens is 1. The number of rotatable bonds is 4. The monoisotopic (exact) mass is 393 g/mol. The molecule has 0 aliphatic carbocycles. The average molecular weight is 393 g/mol. The van der Waals surface area contributed by atoms with Crippen molar-refractivity contribution in [2.24, 2.45) is 0 Å². The number of aromatic amines is 1. The first kappa shape index (κ1) is 13.9. The molecule has 1 aromatic heterocycles. The zero-order valence-electron chi connectivity index (χ0n) is 11.0. The molecule has 0 radical (unpaired) electrons. The molecule has 0 aliphatic heterocycles. The fourth-order valence-electron chi connectivity index (χ4n) is 1.93. The minimum absolute atomic E-state index is 0.463. The van der Waals surface area contributed by atoms with E-state index in [1.54, 1.807) is 6.20 Å². The van der Waals surface area contributed by atoms with E-state index in [0.717, 1.165) is 20.4 Å². The summed E-state index contributed by atoms with van der Waals surface area (Å²) < 4.78 is 11.9. The number of H-pyrrole nitrogens is 1. The van der Waals surface area contributed by atoms with Gasteiger partial charge in [0.15, 0.2) is 5.76 Å². The van der Waals surface area contributed by atoms with Crippen LogP contribution in [0.4, 0.5) is 0 Å². The molecule has 0 saturated carbocycles. The standard InChI is InChI=1S/C16H12INO3/c17-13-7-6-12(15-9-18-16(19)21-15)8-14(13)20-10-11-4-2-1-3-5-11/h1-9H,10H2,(H,18,19). The fraction of sp³-hybridized carbons (Fsp3) is 0.0625. The highest BCUT2D eigenvalue weighted by atomic mass is 127. The Bertz CT molecular complexity index is 793. The topological polar surface area (TPSA) is 55.2 Å². The van der Waals surface area contributed by atoms with Crippen LogP contribution in [0.5, 0.6) is 5.75 Å². The summed E-state index contributed by atoms with van der Waals surface area (Å²) in [5, 5.41) is 0. The number of nitrogens with one attached hydrogen (secondary N) is 1. The molecule has 5 heteroatoms. The summed E-state index contributed by atoms with van der Waals surface area (Å²) >= 11 is 2.22. The molecule has 2 aromatic carbocycles. The summed E-state index contributed by atoms with van der Waals surface area (Å²) in [6, 6.07) is 15.7. The molecular formula is C16H12INO3. The van der Waals surface area contributed by atoms with Gasteiger partial charge in [-0.15, -0.1) is 0 Å². The summed E-state index contributed by atoms with van der Waals surface area (Å²) in [5.74, 6) is 0.803. The number of hydrogen-bond donors (Lipinski definition) is 1. The maximum absolute atomic E-state index is 11.1. The predicted molar refractivity (Wildman–Crippen MR) is 88.3 cm³/mol. The van der Waals surface area contributed by atoms with Gasteiger partial charge in [0.05, 0.1) is 9.77 Å². The van der Waals surface area contributed by atoms with E-state index in [1.807, 2.05) is 48.5 Å². The van der Waals surface area contributed by atoms with Gasteiger partial charge in [-0.25, -0.2) is 4.79 Å². The molecule has 0 saturated heterocycles. The van der Waals surface area contributed by atoms with Crippen LogP contribution in [0.25, 0.3) is 11.3 Å². The van der Waals surface area contributed by atoms with Crippen LogP contribution in [0, 0.1) is 3.57 Å². The van der Waals surface area contributed by atoms with E-state index >= 15 is 0 Å². The van der Waals surface area contributed by atoms with Gasteiger partial charge in [0.2, 0.25) is 0 Å². The van der Waals surface area contributed by atoms with Crippen LogP contribution in [0.15, 0.2) is 63.9 Å². The quantitative estimate of drug-likeness (QED) is 0.686. The van der Waals surface area contributed by atoms with Gasteiger partial charge in [0.1, 0.15) is 12.4 Å². The van der Waals surface area contributed by atoms with Gasteiger partial charge >= 0.3 is 5.76 Å². The summed E-state index contributed by atoms with van der Waals surface area (Å²) in [6.07, 6.45) is 1.55. The van der Waals surface area contributed by atoms with E-state index in [2.05, 4.69) is 27.6 Å². The molecule has 3 aromatic rings. The Labute approximate surface area is 134 Å². The molecule has 0 fully saturated rings. The van der Waals surface area contributed by atoms with Crippen LogP contribution < -0.4 is 10.5 Å². The van der Waals surface area contributed by atoms with Crippen LogP contribution in [-0.4, -0.2) is 4.98 Å². The lowest BCUT2D eigenvalue weighted by atomic mass is 10.2. The minimum Gasteiger partial charge on any atom is -0.488 e. The van der Waals surface area contributed by atoms with Gasteiger partial charge in [-0.3, -0.25) is 4.98 Å². The van der Waals surface area contributed by atoms with Crippen molar-refractivity contribution >= 4 is 22.6 Å². The van der Waals surface area contributed by atoms with E-state index in [0.29, 0.717) is 12.4 Å². The Kier molecular flexibility index (Phi) is 4.10. The second-order valence-corrected chi connectivity index (χ2v) is 5.62. The van der Waals surface area contributed by atoms with Crippen LogP contribution >= 0.6 is 22.6 Å². The third-order valence-electron chi connectivity index (χ3n) is 2.98. The molecule has 106 valence electrons. The van der Waals surface area contributed by atoms with Crippen molar-refractivity contribution < 1.29 is 9.15 Å². The van der Waals surface area contributed by atoms with Crippen molar-refractivity contribution in [3.63, 3.8) is 0 Å². The molecule has 0 unspecified atom stereocenters.